The van der Waals surface area contributed by atoms with Gasteiger partial charge in [-0.1, -0.05) is 22.0 Å². The Morgan fingerprint density at radius 2 is 2.22 bits per heavy atom. The molecule has 0 fully saturated rings. The number of rotatable bonds is 5. The molecule has 0 aliphatic carbocycles. The van der Waals surface area contributed by atoms with Gasteiger partial charge in [0.1, 0.15) is 5.75 Å². The average molecular weight is 326 g/mol. The highest BCUT2D eigenvalue weighted by molar-refractivity contribution is 9.10. The van der Waals surface area contributed by atoms with Gasteiger partial charge < -0.3 is 10.1 Å². The molecular weight excluding hydrogens is 310 g/mol. The lowest BCUT2D eigenvalue weighted by atomic mass is 10.0. The highest BCUT2D eigenvalue weighted by Crippen LogP contribution is 2.29. The van der Waals surface area contributed by atoms with Crippen LogP contribution < -0.4 is 10.1 Å². The quantitative estimate of drug-likeness (QED) is 0.896. The van der Waals surface area contributed by atoms with Crippen LogP contribution in [0.15, 0.2) is 40.2 Å². The summed E-state index contributed by atoms with van der Waals surface area (Å²) >= 11 is 5.29. The van der Waals surface area contributed by atoms with Gasteiger partial charge in [-0.2, -0.15) is 0 Å². The van der Waals surface area contributed by atoms with Crippen molar-refractivity contribution >= 4 is 27.3 Å². The van der Waals surface area contributed by atoms with Crippen LogP contribution in [0, 0.1) is 0 Å². The smallest absolute Gasteiger partial charge is 0.122 e. The van der Waals surface area contributed by atoms with Crippen LogP contribution in [0.3, 0.4) is 0 Å². The number of hydrogen-bond acceptors (Lipinski definition) is 3. The summed E-state index contributed by atoms with van der Waals surface area (Å²) in [5, 5.41) is 5.47. The van der Waals surface area contributed by atoms with Gasteiger partial charge in [-0.15, -0.1) is 11.3 Å². The molecule has 1 unspecified atom stereocenters. The summed E-state index contributed by atoms with van der Waals surface area (Å²) in [4.78, 5) is 1.35. The van der Waals surface area contributed by atoms with E-state index in [-0.39, 0.29) is 0 Å². The van der Waals surface area contributed by atoms with Crippen LogP contribution in [0.25, 0.3) is 0 Å². The van der Waals surface area contributed by atoms with Gasteiger partial charge >= 0.3 is 0 Å². The number of nitrogens with one attached hydrogen (secondary N) is 1. The van der Waals surface area contributed by atoms with E-state index in [0.29, 0.717) is 6.04 Å². The Bertz CT molecular complexity index is 499. The molecule has 2 nitrogen and oxygen atoms in total. The number of hydrogen-bond donors (Lipinski definition) is 1. The van der Waals surface area contributed by atoms with Crippen LogP contribution in [0.2, 0.25) is 0 Å². The summed E-state index contributed by atoms with van der Waals surface area (Å²) < 4.78 is 6.50. The van der Waals surface area contributed by atoms with Crippen LogP contribution in [0.1, 0.15) is 16.5 Å². The maximum atomic E-state index is 5.42. The summed E-state index contributed by atoms with van der Waals surface area (Å²) in [7, 11) is 3.71. The fraction of sp³-hybridized carbons (Fsp3) is 0.286. The minimum Gasteiger partial charge on any atom is -0.496 e. The second-order valence-electron chi connectivity index (χ2n) is 4.02. The highest BCUT2D eigenvalue weighted by Gasteiger charge is 2.14. The number of benzene rings is 1. The first-order valence-electron chi connectivity index (χ1n) is 5.77. The zero-order chi connectivity index (χ0) is 13.0. The third-order valence-corrected chi connectivity index (χ3v) is 4.38. The van der Waals surface area contributed by atoms with Gasteiger partial charge in [-0.25, -0.2) is 0 Å². The van der Waals surface area contributed by atoms with Crippen molar-refractivity contribution in [3.63, 3.8) is 0 Å². The van der Waals surface area contributed by atoms with Crippen LogP contribution in [0.5, 0.6) is 5.75 Å². The molecule has 0 aliphatic rings. The van der Waals surface area contributed by atoms with Crippen LogP contribution in [0.4, 0.5) is 0 Å². The van der Waals surface area contributed by atoms with Gasteiger partial charge in [0.2, 0.25) is 0 Å². The van der Waals surface area contributed by atoms with Crippen molar-refractivity contribution < 1.29 is 4.74 Å². The van der Waals surface area contributed by atoms with Crippen LogP contribution >= 0.6 is 27.3 Å². The number of thiophene rings is 1. The highest BCUT2D eigenvalue weighted by atomic mass is 79.9. The Balaban J connectivity index is 2.24. The van der Waals surface area contributed by atoms with E-state index in [4.69, 9.17) is 4.74 Å². The van der Waals surface area contributed by atoms with Crippen molar-refractivity contribution in [1.82, 2.24) is 5.32 Å². The maximum Gasteiger partial charge on any atom is 0.122 e. The Hall–Kier alpha value is -0.840. The van der Waals surface area contributed by atoms with E-state index in [2.05, 4.69) is 44.8 Å². The molecular formula is C14H16BrNOS. The molecule has 1 aromatic heterocycles. The predicted molar refractivity (Wildman–Crippen MR) is 80.5 cm³/mol. The first-order chi connectivity index (χ1) is 8.74. The van der Waals surface area contributed by atoms with Crippen molar-refractivity contribution in [2.45, 2.75) is 12.5 Å². The molecule has 0 radical (unpaired) electrons. The van der Waals surface area contributed by atoms with E-state index in [1.807, 2.05) is 19.2 Å². The molecule has 18 heavy (non-hydrogen) atoms. The van der Waals surface area contributed by atoms with E-state index in [9.17, 15) is 0 Å². The summed E-state index contributed by atoms with van der Waals surface area (Å²) in [6, 6.07) is 10.7. The largest absolute Gasteiger partial charge is 0.496 e. The molecule has 0 aliphatic heterocycles. The SMILES string of the molecule is CNC(Cc1cc(Br)ccc1OC)c1cccs1. The monoisotopic (exact) mass is 325 g/mol. The standard InChI is InChI=1S/C14H16BrNOS/c1-16-12(14-4-3-7-18-14)9-10-8-11(15)5-6-13(10)17-2/h3-8,12,16H,9H2,1-2H3. The summed E-state index contributed by atoms with van der Waals surface area (Å²) in [5.74, 6) is 0.940. The molecule has 1 N–H and O–H groups in total. The van der Waals surface area contributed by atoms with E-state index in [1.54, 1.807) is 18.4 Å². The molecule has 4 heteroatoms. The van der Waals surface area contributed by atoms with Gasteiger partial charge in [0.05, 0.1) is 7.11 Å². The summed E-state index contributed by atoms with van der Waals surface area (Å²) in [6.07, 6.45) is 0.916. The van der Waals surface area contributed by atoms with Gasteiger partial charge in [0, 0.05) is 15.4 Å². The number of methoxy groups -OCH3 is 1. The lowest BCUT2D eigenvalue weighted by Gasteiger charge is -2.17. The molecule has 2 aromatic rings. The lowest BCUT2D eigenvalue weighted by Crippen LogP contribution is -2.18. The molecule has 1 atom stereocenters. The van der Waals surface area contributed by atoms with Crippen molar-refractivity contribution in [1.29, 1.82) is 0 Å². The molecule has 1 heterocycles. The second kappa shape index (κ2) is 6.36. The van der Waals surface area contributed by atoms with Crippen LogP contribution in [-0.4, -0.2) is 14.2 Å². The summed E-state index contributed by atoms with van der Waals surface area (Å²) in [5.41, 5.74) is 1.21. The minimum absolute atomic E-state index is 0.327. The van der Waals surface area contributed by atoms with Crippen molar-refractivity contribution in [3.05, 3.63) is 50.6 Å². The van der Waals surface area contributed by atoms with Crippen molar-refractivity contribution in [3.8, 4) is 5.75 Å². The summed E-state index contributed by atoms with van der Waals surface area (Å²) in [6.45, 7) is 0. The molecule has 0 spiro atoms. The Kier molecular flexibility index (Phi) is 4.80. The molecule has 2 rings (SSSR count). The number of ether oxygens (including phenoxy) is 1. The third kappa shape index (κ3) is 3.13. The normalized spacial score (nSPS) is 12.4. The average Bonchev–Trinajstić information content (AvgIpc) is 2.90. The topological polar surface area (TPSA) is 21.3 Å². The van der Waals surface area contributed by atoms with E-state index < -0.39 is 0 Å². The zero-order valence-corrected chi connectivity index (χ0v) is 12.8. The molecule has 0 saturated heterocycles. The lowest BCUT2D eigenvalue weighted by molar-refractivity contribution is 0.406. The second-order valence-corrected chi connectivity index (χ2v) is 5.91. The zero-order valence-electron chi connectivity index (χ0n) is 10.4. The number of likely N-dealkylation sites (N-methyl/N-ethyl adjacent to an activating group) is 1. The van der Waals surface area contributed by atoms with Gasteiger partial charge in [-0.05, 0) is 48.7 Å². The fourth-order valence-corrected chi connectivity index (χ4v) is 3.21. The third-order valence-electron chi connectivity index (χ3n) is 2.90. The Morgan fingerprint density at radius 3 is 2.83 bits per heavy atom. The molecule has 0 amide bonds. The van der Waals surface area contributed by atoms with Crippen LogP contribution in [-0.2, 0) is 6.42 Å². The van der Waals surface area contributed by atoms with Gasteiger partial charge in [0.15, 0.2) is 0 Å². The number of halogens is 1. The van der Waals surface area contributed by atoms with E-state index >= 15 is 0 Å². The maximum absolute atomic E-state index is 5.42. The molecule has 96 valence electrons. The van der Waals surface area contributed by atoms with Crippen molar-refractivity contribution in [2.75, 3.05) is 14.2 Å². The Labute approximate surface area is 120 Å². The first-order valence-corrected chi connectivity index (χ1v) is 7.45. The first kappa shape index (κ1) is 13.6. The van der Waals surface area contributed by atoms with Crippen molar-refractivity contribution in [2.24, 2.45) is 0 Å². The molecule has 0 saturated carbocycles. The van der Waals surface area contributed by atoms with E-state index in [0.717, 1.165) is 16.6 Å². The minimum atomic E-state index is 0.327. The Morgan fingerprint density at radius 1 is 1.39 bits per heavy atom. The van der Waals surface area contributed by atoms with E-state index in [1.165, 1.54) is 10.4 Å². The van der Waals surface area contributed by atoms with Gasteiger partial charge in [-0.3, -0.25) is 0 Å². The fourth-order valence-electron chi connectivity index (χ4n) is 1.96. The molecule has 0 bridgehead atoms. The molecule has 1 aromatic carbocycles. The predicted octanol–water partition coefficient (Wildman–Crippen LogP) is 4.02. The van der Waals surface area contributed by atoms with Gasteiger partial charge in [0.25, 0.3) is 0 Å².